The number of benzene rings is 1. The van der Waals surface area contributed by atoms with Crippen molar-refractivity contribution < 1.29 is 0 Å². The number of nitrogens with one attached hydrogen (secondary N) is 1. The molecular weight excluding hydrogens is 316 g/mol. The molecule has 1 aromatic carbocycles. The predicted molar refractivity (Wildman–Crippen MR) is 84.0 cm³/mol. The molecule has 1 aliphatic heterocycles. The number of hydrogen-bond acceptors (Lipinski definition) is 3. The van der Waals surface area contributed by atoms with Crippen molar-refractivity contribution in [3.8, 4) is 0 Å². The number of rotatable bonds is 4. The first kappa shape index (κ1) is 13.2. The van der Waals surface area contributed by atoms with E-state index in [2.05, 4.69) is 21.2 Å². The Morgan fingerprint density at radius 1 is 1.59 bits per heavy atom. The van der Waals surface area contributed by atoms with Gasteiger partial charge in [-0.15, -0.1) is 0 Å². The summed E-state index contributed by atoms with van der Waals surface area (Å²) < 4.78 is 0.953. The molecule has 17 heavy (non-hydrogen) atoms. The lowest BCUT2D eigenvalue weighted by atomic mass is 10.1. The van der Waals surface area contributed by atoms with Crippen molar-refractivity contribution in [2.45, 2.75) is 18.1 Å². The summed E-state index contributed by atoms with van der Waals surface area (Å²) in [5.41, 5.74) is 7.69. The Kier molecular flexibility index (Phi) is 4.70. The van der Waals surface area contributed by atoms with Crippen LogP contribution < -0.4 is 11.1 Å². The molecule has 0 aliphatic carbocycles. The van der Waals surface area contributed by atoms with Crippen LogP contribution in [0.3, 0.4) is 0 Å². The summed E-state index contributed by atoms with van der Waals surface area (Å²) in [7, 11) is 0. The minimum Gasteiger partial charge on any atom is -0.389 e. The Hall–Kier alpha value is -0.260. The molecule has 5 heteroatoms. The Morgan fingerprint density at radius 2 is 2.41 bits per heavy atom. The fraction of sp³-hybridized carbons (Fsp3) is 0.417. The molecule has 0 saturated carbocycles. The van der Waals surface area contributed by atoms with Crippen molar-refractivity contribution in [3.05, 3.63) is 28.2 Å². The molecule has 0 spiro atoms. The first-order chi connectivity index (χ1) is 8.18. The van der Waals surface area contributed by atoms with Gasteiger partial charge in [0.05, 0.1) is 0 Å². The molecule has 1 heterocycles. The zero-order valence-electron chi connectivity index (χ0n) is 9.41. The number of hydrogen-bond donors (Lipinski definition) is 2. The second-order valence-corrected chi connectivity index (χ2v) is 6.74. The number of thioether (sulfide) groups is 1. The third kappa shape index (κ3) is 3.36. The number of anilines is 1. The smallest absolute Gasteiger partial charge is 0.107 e. The molecule has 1 fully saturated rings. The number of nitrogens with two attached hydrogens (primary N) is 1. The number of thiocarbonyl (C=S) groups is 1. The van der Waals surface area contributed by atoms with Gasteiger partial charge in [0, 0.05) is 27.5 Å². The van der Waals surface area contributed by atoms with Crippen molar-refractivity contribution in [3.63, 3.8) is 0 Å². The van der Waals surface area contributed by atoms with E-state index >= 15 is 0 Å². The molecule has 3 N–H and O–H groups in total. The van der Waals surface area contributed by atoms with Crippen LogP contribution in [-0.4, -0.2) is 22.5 Å². The van der Waals surface area contributed by atoms with Crippen LogP contribution in [0.4, 0.5) is 5.69 Å². The lowest BCUT2D eigenvalue weighted by Gasteiger charge is -2.15. The largest absolute Gasteiger partial charge is 0.389 e. The van der Waals surface area contributed by atoms with Crippen LogP contribution >= 0.6 is 39.9 Å². The second kappa shape index (κ2) is 6.07. The van der Waals surface area contributed by atoms with E-state index in [9.17, 15) is 0 Å². The van der Waals surface area contributed by atoms with Gasteiger partial charge in [-0.2, -0.15) is 11.8 Å². The van der Waals surface area contributed by atoms with Gasteiger partial charge in [0.25, 0.3) is 0 Å². The van der Waals surface area contributed by atoms with Crippen LogP contribution in [0.1, 0.15) is 18.4 Å². The van der Waals surface area contributed by atoms with Crippen LogP contribution in [0.5, 0.6) is 0 Å². The molecule has 0 aromatic heterocycles. The van der Waals surface area contributed by atoms with Crippen molar-refractivity contribution in [1.29, 1.82) is 0 Å². The highest BCUT2D eigenvalue weighted by Gasteiger charge is 2.16. The fourth-order valence-electron chi connectivity index (χ4n) is 1.95. The summed E-state index contributed by atoms with van der Waals surface area (Å²) in [5.74, 6) is 1.28. The Morgan fingerprint density at radius 3 is 3.06 bits per heavy atom. The second-order valence-electron chi connectivity index (χ2n) is 4.04. The maximum absolute atomic E-state index is 5.76. The first-order valence-corrected chi connectivity index (χ1v) is 7.87. The van der Waals surface area contributed by atoms with Gasteiger partial charge in [0.1, 0.15) is 4.99 Å². The molecule has 92 valence electrons. The van der Waals surface area contributed by atoms with Gasteiger partial charge >= 0.3 is 0 Å². The van der Waals surface area contributed by atoms with E-state index in [0.29, 0.717) is 10.2 Å². The quantitative estimate of drug-likeness (QED) is 0.830. The Balaban J connectivity index is 2.09. The van der Waals surface area contributed by atoms with Crippen molar-refractivity contribution in [2.75, 3.05) is 17.6 Å². The Bertz CT molecular complexity index is 417. The van der Waals surface area contributed by atoms with Crippen molar-refractivity contribution in [2.24, 2.45) is 5.73 Å². The molecule has 0 amide bonds. The summed E-state index contributed by atoms with van der Waals surface area (Å²) in [4.78, 5) is 0.430. The van der Waals surface area contributed by atoms with Gasteiger partial charge in [-0.05, 0) is 46.7 Å². The molecule has 1 unspecified atom stereocenters. The van der Waals surface area contributed by atoms with Crippen LogP contribution in [0.2, 0.25) is 0 Å². The summed E-state index contributed by atoms with van der Waals surface area (Å²) in [6.07, 6.45) is 2.63. The molecule has 0 bridgehead atoms. The average molecular weight is 331 g/mol. The van der Waals surface area contributed by atoms with Crippen LogP contribution in [-0.2, 0) is 0 Å². The highest BCUT2D eigenvalue weighted by atomic mass is 79.9. The minimum absolute atomic E-state index is 0.430. The lowest BCUT2D eigenvalue weighted by molar-refractivity contribution is 0.805. The van der Waals surface area contributed by atoms with E-state index in [1.165, 1.54) is 18.6 Å². The molecule has 1 atom stereocenters. The van der Waals surface area contributed by atoms with E-state index in [4.69, 9.17) is 18.0 Å². The van der Waals surface area contributed by atoms with Gasteiger partial charge in [-0.25, -0.2) is 0 Å². The summed E-state index contributed by atoms with van der Waals surface area (Å²) in [6, 6.07) is 5.98. The molecule has 2 nitrogen and oxygen atoms in total. The van der Waals surface area contributed by atoms with E-state index in [0.717, 1.165) is 22.3 Å². The van der Waals surface area contributed by atoms with E-state index in [-0.39, 0.29) is 0 Å². The molecule has 1 saturated heterocycles. The summed E-state index contributed by atoms with van der Waals surface area (Å²) in [5, 5.41) is 4.17. The summed E-state index contributed by atoms with van der Waals surface area (Å²) in [6.45, 7) is 0.983. The monoisotopic (exact) mass is 330 g/mol. The van der Waals surface area contributed by atoms with Gasteiger partial charge in [-0.3, -0.25) is 0 Å². The zero-order valence-corrected chi connectivity index (χ0v) is 12.6. The van der Waals surface area contributed by atoms with Gasteiger partial charge in [-0.1, -0.05) is 18.3 Å². The zero-order chi connectivity index (χ0) is 12.3. The number of halogens is 1. The highest BCUT2D eigenvalue weighted by molar-refractivity contribution is 9.10. The van der Waals surface area contributed by atoms with E-state index < -0.39 is 0 Å². The lowest BCUT2D eigenvalue weighted by Crippen LogP contribution is -2.18. The standard InChI is InChI=1S/C12H15BrN2S2/c13-9-4-1-5-10(11(9)12(14)16)15-7-8-3-2-6-17-8/h1,4-5,8,15H,2-3,6-7H2,(H2,14,16). The van der Waals surface area contributed by atoms with Crippen LogP contribution in [0.15, 0.2) is 22.7 Å². The topological polar surface area (TPSA) is 38.0 Å². The molecular formula is C12H15BrN2S2. The van der Waals surface area contributed by atoms with Gasteiger partial charge in [0.15, 0.2) is 0 Å². The maximum atomic E-state index is 5.76. The molecule has 1 aromatic rings. The molecule has 0 radical (unpaired) electrons. The maximum Gasteiger partial charge on any atom is 0.107 e. The van der Waals surface area contributed by atoms with Crippen LogP contribution in [0, 0.1) is 0 Å². The molecule has 1 aliphatic rings. The normalized spacial score (nSPS) is 19.2. The van der Waals surface area contributed by atoms with E-state index in [1.54, 1.807) is 0 Å². The van der Waals surface area contributed by atoms with E-state index in [1.807, 2.05) is 30.0 Å². The van der Waals surface area contributed by atoms with Gasteiger partial charge in [0.2, 0.25) is 0 Å². The van der Waals surface area contributed by atoms with Crippen molar-refractivity contribution >= 4 is 50.6 Å². The first-order valence-electron chi connectivity index (χ1n) is 5.62. The van der Waals surface area contributed by atoms with Gasteiger partial charge < -0.3 is 11.1 Å². The Labute approximate surface area is 120 Å². The average Bonchev–Trinajstić information content (AvgIpc) is 2.78. The highest BCUT2D eigenvalue weighted by Crippen LogP contribution is 2.28. The molecule has 2 rings (SSSR count). The van der Waals surface area contributed by atoms with Crippen molar-refractivity contribution in [1.82, 2.24) is 0 Å². The SMILES string of the molecule is NC(=S)c1c(Br)cccc1NCC1CCCS1. The summed E-state index contributed by atoms with van der Waals surface area (Å²) >= 11 is 10.6. The third-order valence-corrected chi connectivity index (χ3v) is 5.07. The minimum atomic E-state index is 0.430. The third-order valence-electron chi connectivity index (χ3n) is 2.80. The predicted octanol–water partition coefficient (Wildman–Crippen LogP) is 3.39. The van der Waals surface area contributed by atoms with Crippen LogP contribution in [0.25, 0.3) is 0 Å². The fourth-order valence-corrected chi connectivity index (χ4v) is 4.08.